The van der Waals surface area contributed by atoms with Crippen LogP contribution in [0, 0.1) is 46.3 Å². The second-order valence-corrected chi connectivity index (χ2v) is 14.1. The van der Waals surface area contributed by atoms with Crippen molar-refractivity contribution in [2.24, 2.45) is 46.3 Å². The third kappa shape index (κ3) is 6.00. The zero-order valence-corrected chi connectivity index (χ0v) is 25.7. The molecular formula is C33H52O7. The number of ether oxygens (including phenoxy) is 3. The lowest BCUT2D eigenvalue weighted by Gasteiger charge is -2.60. The van der Waals surface area contributed by atoms with Gasteiger partial charge in [-0.15, -0.1) is 0 Å². The molecule has 0 aromatic heterocycles. The molecule has 4 rings (SSSR count). The molecule has 0 saturated heterocycles. The monoisotopic (exact) mass is 560 g/mol. The predicted octanol–water partition coefficient (Wildman–Crippen LogP) is 6.02. The highest BCUT2D eigenvalue weighted by Gasteiger charge is 2.67. The summed E-state index contributed by atoms with van der Waals surface area (Å²) >= 11 is 0. The summed E-state index contributed by atoms with van der Waals surface area (Å²) in [6, 6.07) is 0. The molecule has 0 spiro atoms. The van der Waals surface area contributed by atoms with E-state index in [0.717, 1.165) is 44.9 Å². The number of aliphatic hydroxyl groups excluding tert-OH is 1. The third-order valence-corrected chi connectivity index (χ3v) is 11.1. The topological polar surface area (TPSA) is 99.1 Å². The van der Waals surface area contributed by atoms with Crippen LogP contribution in [0.15, 0.2) is 11.6 Å². The zero-order chi connectivity index (χ0) is 29.4. The van der Waals surface area contributed by atoms with Gasteiger partial charge in [0.05, 0.1) is 12.7 Å². The van der Waals surface area contributed by atoms with Crippen LogP contribution in [-0.4, -0.2) is 47.9 Å². The van der Waals surface area contributed by atoms with Crippen LogP contribution in [0.5, 0.6) is 0 Å². The quantitative estimate of drug-likeness (QED) is 0.209. The lowest BCUT2D eigenvalue weighted by Crippen LogP contribution is -2.59. The maximum Gasteiger partial charge on any atom is 0.303 e. The molecule has 0 heterocycles. The van der Waals surface area contributed by atoms with Gasteiger partial charge in [-0.3, -0.25) is 14.4 Å². The van der Waals surface area contributed by atoms with Gasteiger partial charge < -0.3 is 19.3 Å². The van der Waals surface area contributed by atoms with Gasteiger partial charge in [0.15, 0.2) is 0 Å². The van der Waals surface area contributed by atoms with E-state index in [2.05, 4.69) is 33.8 Å². The SMILES string of the molecule is CC(=O)OCC12CCC3C(C(OC(C)=O)C=C4CC(O)CCC43C)C1C(OC(C)=O)CC2C(C)CCCC(C)C. The Morgan fingerprint density at radius 3 is 2.33 bits per heavy atom. The zero-order valence-electron chi connectivity index (χ0n) is 25.7. The summed E-state index contributed by atoms with van der Waals surface area (Å²) in [5.74, 6) is 0.357. The highest BCUT2D eigenvalue weighted by atomic mass is 16.6. The Morgan fingerprint density at radius 2 is 1.70 bits per heavy atom. The van der Waals surface area contributed by atoms with Crippen LogP contribution < -0.4 is 0 Å². The first-order chi connectivity index (χ1) is 18.8. The van der Waals surface area contributed by atoms with Crippen LogP contribution >= 0.6 is 0 Å². The largest absolute Gasteiger partial charge is 0.465 e. The Labute approximate surface area is 240 Å². The van der Waals surface area contributed by atoms with Crippen LogP contribution in [0.4, 0.5) is 0 Å². The molecule has 7 heteroatoms. The fourth-order valence-electron chi connectivity index (χ4n) is 9.48. The van der Waals surface area contributed by atoms with Crippen LogP contribution in [-0.2, 0) is 28.6 Å². The molecule has 0 bridgehead atoms. The minimum absolute atomic E-state index is 0.0607. The molecule has 3 saturated carbocycles. The van der Waals surface area contributed by atoms with Gasteiger partial charge in [-0.05, 0) is 73.7 Å². The Morgan fingerprint density at radius 1 is 1.00 bits per heavy atom. The van der Waals surface area contributed by atoms with Gasteiger partial charge in [0.1, 0.15) is 12.2 Å². The molecule has 10 unspecified atom stereocenters. The smallest absolute Gasteiger partial charge is 0.303 e. The Bertz CT molecular complexity index is 987. The van der Waals surface area contributed by atoms with Crippen LogP contribution in [0.3, 0.4) is 0 Å². The van der Waals surface area contributed by atoms with Crippen LogP contribution in [0.2, 0.25) is 0 Å². The Hall–Kier alpha value is -1.89. The second-order valence-electron chi connectivity index (χ2n) is 14.1. The minimum Gasteiger partial charge on any atom is -0.465 e. The summed E-state index contributed by atoms with van der Waals surface area (Å²) in [5, 5.41) is 10.5. The number of fused-ring (bicyclic) bond motifs is 5. The van der Waals surface area contributed by atoms with E-state index in [1.54, 1.807) is 0 Å². The van der Waals surface area contributed by atoms with E-state index in [-0.39, 0.29) is 64.6 Å². The molecular weight excluding hydrogens is 508 g/mol. The number of carbonyl (C=O) groups excluding carboxylic acids is 3. The molecule has 0 aromatic rings. The number of carbonyl (C=O) groups is 3. The fourth-order valence-corrected chi connectivity index (χ4v) is 9.48. The molecule has 0 aromatic carbocycles. The second kappa shape index (κ2) is 12.1. The van der Waals surface area contributed by atoms with Gasteiger partial charge in [0, 0.05) is 38.0 Å². The molecule has 226 valence electrons. The van der Waals surface area contributed by atoms with Gasteiger partial charge in [0.2, 0.25) is 0 Å². The molecule has 0 amide bonds. The first-order valence-electron chi connectivity index (χ1n) is 15.7. The molecule has 10 atom stereocenters. The molecule has 0 aliphatic heterocycles. The summed E-state index contributed by atoms with van der Waals surface area (Å²) in [5.41, 5.74) is 0.709. The number of aliphatic hydroxyl groups is 1. The van der Waals surface area contributed by atoms with E-state index in [9.17, 15) is 19.5 Å². The normalized spacial score (nSPS) is 39.3. The van der Waals surface area contributed by atoms with Crippen molar-refractivity contribution in [1.82, 2.24) is 0 Å². The first kappa shape index (κ1) is 31.1. The summed E-state index contributed by atoms with van der Waals surface area (Å²) in [7, 11) is 0. The van der Waals surface area contributed by atoms with E-state index < -0.39 is 6.10 Å². The average Bonchev–Trinajstić information content (AvgIpc) is 3.17. The van der Waals surface area contributed by atoms with E-state index in [0.29, 0.717) is 24.9 Å². The van der Waals surface area contributed by atoms with E-state index in [4.69, 9.17) is 14.2 Å². The molecule has 1 N–H and O–H groups in total. The summed E-state index contributed by atoms with van der Waals surface area (Å²) in [6.07, 6.45) is 9.08. The minimum atomic E-state index is -0.467. The summed E-state index contributed by atoms with van der Waals surface area (Å²) in [6.45, 7) is 13.8. The van der Waals surface area contributed by atoms with Crippen LogP contribution in [0.25, 0.3) is 0 Å². The van der Waals surface area contributed by atoms with Gasteiger partial charge >= 0.3 is 17.9 Å². The highest BCUT2D eigenvalue weighted by Crippen LogP contribution is 2.68. The number of esters is 3. The number of hydrogen-bond acceptors (Lipinski definition) is 7. The van der Waals surface area contributed by atoms with Gasteiger partial charge in [-0.1, -0.05) is 52.5 Å². The Kier molecular flexibility index (Phi) is 9.43. The Balaban J connectivity index is 1.81. The van der Waals surface area contributed by atoms with E-state index in [1.165, 1.54) is 32.8 Å². The van der Waals surface area contributed by atoms with Crippen LogP contribution in [0.1, 0.15) is 106 Å². The molecule has 4 aliphatic rings. The molecule has 7 nitrogen and oxygen atoms in total. The highest BCUT2D eigenvalue weighted by molar-refractivity contribution is 5.67. The lowest BCUT2D eigenvalue weighted by atomic mass is 9.45. The van der Waals surface area contributed by atoms with Gasteiger partial charge in [-0.2, -0.15) is 0 Å². The van der Waals surface area contributed by atoms with Crippen molar-refractivity contribution < 1.29 is 33.7 Å². The van der Waals surface area contributed by atoms with E-state index in [1.807, 2.05) is 0 Å². The molecule has 3 fully saturated rings. The van der Waals surface area contributed by atoms with Crippen molar-refractivity contribution in [3.63, 3.8) is 0 Å². The maximum absolute atomic E-state index is 12.5. The number of rotatable bonds is 9. The van der Waals surface area contributed by atoms with Gasteiger partial charge in [-0.25, -0.2) is 0 Å². The van der Waals surface area contributed by atoms with Crippen molar-refractivity contribution in [3.8, 4) is 0 Å². The maximum atomic E-state index is 12.5. The molecule has 4 aliphatic carbocycles. The van der Waals surface area contributed by atoms with Crippen molar-refractivity contribution in [3.05, 3.63) is 11.6 Å². The van der Waals surface area contributed by atoms with Crippen molar-refractivity contribution in [2.45, 2.75) is 125 Å². The third-order valence-electron chi connectivity index (χ3n) is 11.1. The standard InChI is InChI=1S/C33H52O7/c1-19(2)9-8-10-20(3)27-17-29(40-23(6)36)31-30-26(12-14-33(27,31)18-38-21(4)34)32(7)13-11-25(37)15-24(32)16-28(30)39-22(5)35/h16,19-20,25-31,37H,8-15,17-18H2,1-7H3. The first-order valence-corrected chi connectivity index (χ1v) is 15.7. The van der Waals surface area contributed by atoms with E-state index >= 15 is 0 Å². The number of hydrogen-bond donors (Lipinski definition) is 1. The fraction of sp³-hybridized carbons (Fsp3) is 0.848. The van der Waals surface area contributed by atoms with Gasteiger partial charge in [0.25, 0.3) is 0 Å². The summed E-state index contributed by atoms with van der Waals surface area (Å²) in [4.78, 5) is 37.1. The average molecular weight is 561 g/mol. The van der Waals surface area contributed by atoms with Crippen molar-refractivity contribution >= 4 is 17.9 Å². The predicted molar refractivity (Wildman–Crippen MR) is 152 cm³/mol. The lowest BCUT2D eigenvalue weighted by molar-refractivity contribution is -0.182. The van der Waals surface area contributed by atoms with Crippen molar-refractivity contribution in [1.29, 1.82) is 0 Å². The van der Waals surface area contributed by atoms with Crippen molar-refractivity contribution in [2.75, 3.05) is 6.61 Å². The summed E-state index contributed by atoms with van der Waals surface area (Å²) < 4.78 is 18.1. The molecule has 0 radical (unpaired) electrons. The molecule has 40 heavy (non-hydrogen) atoms.